The smallest absolute Gasteiger partial charge is 0.241 e. The fraction of sp³-hybridized carbons (Fsp3) is 0.219. The maximum atomic E-state index is 13.8. The van der Waals surface area contributed by atoms with E-state index < -0.39 is 16.1 Å². The Morgan fingerprint density at radius 3 is 1.64 bits per heavy atom. The van der Waals surface area contributed by atoms with Crippen molar-refractivity contribution in [1.82, 2.24) is 14.5 Å². The van der Waals surface area contributed by atoms with Gasteiger partial charge in [0.1, 0.15) is 6.04 Å². The van der Waals surface area contributed by atoms with E-state index in [0.29, 0.717) is 26.2 Å². The molecular weight excluding hydrogens is 506 g/mol. The molecule has 6 nitrogen and oxygen atoms in total. The van der Waals surface area contributed by atoms with Crippen molar-refractivity contribution in [3.63, 3.8) is 0 Å². The van der Waals surface area contributed by atoms with Crippen LogP contribution in [0.15, 0.2) is 126 Å². The molecule has 39 heavy (non-hydrogen) atoms. The average Bonchev–Trinajstić information content (AvgIpc) is 2.99. The molecule has 1 aliphatic heterocycles. The predicted octanol–water partition coefficient (Wildman–Crippen LogP) is 4.51. The topological polar surface area (TPSA) is 69.7 Å². The minimum atomic E-state index is -3.87. The third kappa shape index (κ3) is 6.63. The molecule has 1 N–H and O–H groups in total. The molecule has 1 aliphatic rings. The van der Waals surface area contributed by atoms with Crippen LogP contribution in [0.5, 0.6) is 0 Å². The Balaban J connectivity index is 1.34. The number of rotatable bonds is 9. The molecule has 0 spiro atoms. The molecule has 0 radical (unpaired) electrons. The number of nitrogens with one attached hydrogen (secondary N) is 1. The van der Waals surface area contributed by atoms with Crippen LogP contribution in [-0.4, -0.2) is 56.3 Å². The summed E-state index contributed by atoms with van der Waals surface area (Å²) in [5.41, 5.74) is 3.32. The Morgan fingerprint density at radius 2 is 1.13 bits per heavy atom. The van der Waals surface area contributed by atoms with E-state index in [4.69, 9.17) is 0 Å². The van der Waals surface area contributed by atoms with Crippen molar-refractivity contribution in [2.75, 3.05) is 26.2 Å². The van der Waals surface area contributed by atoms with Gasteiger partial charge in [-0.1, -0.05) is 109 Å². The van der Waals surface area contributed by atoms with E-state index in [2.05, 4.69) is 58.2 Å². The highest BCUT2D eigenvalue weighted by atomic mass is 32.2. The summed E-state index contributed by atoms with van der Waals surface area (Å²) in [5.74, 6) is -0.200. The van der Waals surface area contributed by atoms with Gasteiger partial charge in [0.05, 0.1) is 10.9 Å². The van der Waals surface area contributed by atoms with Crippen LogP contribution in [0.3, 0.4) is 0 Å². The second kappa shape index (κ2) is 12.4. The number of hydrogen-bond acceptors (Lipinski definition) is 4. The van der Waals surface area contributed by atoms with E-state index in [1.54, 1.807) is 35.2 Å². The molecule has 4 aromatic carbocycles. The van der Waals surface area contributed by atoms with Crippen LogP contribution in [0.1, 0.15) is 22.7 Å². The zero-order valence-corrected chi connectivity index (χ0v) is 22.6. The lowest BCUT2D eigenvalue weighted by atomic mass is 9.96. The number of benzene rings is 4. The summed E-state index contributed by atoms with van der Waals surface area (Å²) >= 11 is 0. The highest BCUT2D eigenvalue weighted by Gasteiger charge is 2.33. The van der Waals surface area contributed by atoms with E-state index in [-0.39, 0.29) is 23.3 Å². The molecular formula is C32H33N3O3S. The van der Waals surface area contributed by atoms with Gasteiger partial charge in [-0.2, -0.15) is 4.72 Å². The molecule has 0 bridgehead atoms. The standard InChI is InChI=1S/C32H33N3O3S/c36-32(30(25-26-13-5-1-6-14-26)33-39(37,38)29-19-11-4-12-20-29)35-23-21-34(22-24-35)31(27-15-7-2-8-16-27)28-17-9-3-10-18-28/h1-20,30-31,33H,21-25H2/t30-/m0/s1. The van der Waals surface area contributed by atoms with Gasteiger partial charge in [0.25, 0.3) is 0 Å². The molecule has 200 valence electrons. The maximum Gasteiger partial charge on any atom is 0.241 e. The Morgan fingerprint density at radius 1 is 0.667 bits per heavy atom. The molecule has 0 saturated carbocycles. The van der Waals surface area contributed by atoms with Gasteiger partial charge in [0.15, 0.2) is 0 Å². The number of carbonyl (C=O) groups excluding carboxylic acids is 1. The Kier molecular flexibility index (Phi) is 8.51. The minimum absolute atomic E-state index is 0.0846. The molecule has 1 heterocycles. The summed E-state index contributed by atoms with van der Waals surface area (Å²) in [5, 5.41) is 0. The van der Waals surface area contributed by atoms with Crippen LogP contribution >= 0.6 is 0 Å². The van der Waals surface area contributed by atoms with Gasteiger partial charge in [-0.15, -0.1) is 0 Å². The quantitative estimate of drug-likeness (QED) is 0.340. The highest BCUT2D eigenvalue weighted by Crippen LogP contribution is 2.29. The molecule has 1 amide bonds. The third-order valence-electron chi connectivity index (χ3n) is 7.15. The second-order valence-electron chi connectivity index (χ2n) is 9.76. The van der Waals surface area contributed by atoms with Crippen LogP contribution in [-0.2, 0) is 21.2 Å². The monoisotopic (exact) mass is 539 g/mol. The van der Waals surface area contributed by atoms with Crippen molar-refractivity contribution in [3.8, 4) is 0 Å². The van der Waals surface area contributed by atoms with Gasteiger partial charge in [-0.3, -0.25) is 9.69 Å². The molecule has 0 aromatic heterocycles. The Hall–Kier alpha value is -3.78. The van der Waals surface area contributed by atoms with Crippen LogP contribution in [0, 0.1) is 0 Å². The normalized spacial score (nSPS) is 15.3. The molecule has 5 rings (SSSR count). The van der Waals surface area contributed by atoms with Crippen LogP contribution < -0.4 is 4.72 Å². The Labute approximate surface area is 231 Å². The van der Waals surface area contributed by atoms with E-state index in [1.807, 2.05) is 42.5 Å². The van der Waals surface area contributed by atoms with Crippen molar-refractivity contribution in [2.24, 2.45) is 0 Å². The van der Waals surface area contributed by atoms with Crippen LogP contribution in [0.25, 0.3) is 0 Å². The van der Waals surface area contributed by atoms with E-state index in [0.717, 1.165) is 5.56 Å². The molecule has 0 unspecified atom stereocenters. The number of nitrogens with zero attached hydrogens (tertiary/aromatic N) is 2. The number of piperazine rings is 1. The van der Waals surface area contributed by atoms with Gasteiger partial charge in [-0.05, 0) is 35.2 Å². The summed E-state index contributed by atoms with van der Waals surface area (Å²) in [6, 6.07) is 37.7. The highest BCUT2D eigenvalue weighted by molar-refractivity contribution is 7.89. The van der Waals surface area contributed by atoms with Crippen molar-refractivity contribution < 1.29 is 13.2 Å². The zero-order valence-electron chi connectivity index (χ0n) is 21.8. The summed E-state index contributed by atoms with van der Waals surface area (Å²) < 4.78 is 29.1. The van der Waals surface area contributed by atoms with E-state index >= 15 is 0 Å². The van der Waals surface area contributed by atoms with Gasteiger partial charge in [0.2, 0.25) is 15.9 Å². The lowest BCUT2D eigenvalue weighted by Crippen LogP contribution is -2.56. The van der Waals surface area contributed by atoms with Crippen molar-refractivity contribution in [2.45, 2.75) is 23.4 Å². The largest absolute Gasteiger partial charge is 0.339 e. The molecule has 4 aromatic rings. The summed E-state index contributed by atoms with van der Waals surface area (Å²) in [7, 11) is -3.87. The molecule has 1 fully saturated rings. The fourth-order valence-corrected chi connectivity index (χ4v) is 6.40. The van der Waals surface area contributed by atoms with Crippen LogP contribution in [0.4, 0.5) is 0 Å². The zero-order chi connectivity index (χ0) is 27.1. The van der Waals surface area contributed by atoms with E-state index in [1.165, 1.54) is 11.1 Å². The first-order valence-electron chi connectivity index (χ1n) is 13.3. The SMILES string of the molecule is O=C([C@H](Cc1ccccc1)NS(=O)(=O)c1ccccc1)N1CCN(C(c2ccccc2)c2ccccc2)CC1. The lowest BCUT2D eigenvalue weighted by Gasteiger charge is -2.40. The first kappa shape index (κ1) is 26.8. The third-order valence-corrected chi connectivity index (χ3v) is 8.64. The average molecular weight is 540 g/mol. The predicted molar refractivity (Wildman–Crippen MR) is 154 cm³/mol. The van der Waals surface area contributed by atoms with Crippen molar-refractivity contribution >= 4 is 15.9 Å². The summed E-state index contributed by atoms with van der Waals surface area (Å²) in [4.78, 5) is 18.1. The van der Waals surface area contributed by atoms with Crippen molar-refractivity contribution in [1.29, 1.82) is 0 Å². The number of hydrogen-bond donors (Lipinski definition) is 1. The van der Waals surface area contributed by atoms with E-state index in [9.17, 15) is 13.2 Å². The second-order valence-corrected chi connectivity index (χ2v) is 11.5. The first-order valence-corrected chi connectivity index (χ1v) is 14.7. The maximum absolute atomic E-state index is 13.8. The van der Waals surface area contributed by atoms with Gasteiger partial charge >= 0.3 is 0 Å². The number of carbonyl (C=O) groups is 1. The minimum Gasteiger partial charge on any atom is -0.339 e. The summed E-state index contributed by atoms with van der Waals surface area (Å²) in [6.07, 6.45) is 0.280. The van der Waals surface area contributed by atoms with Crippen LogP contribution in [0.2, 0.25) is 0 Å². The Bertz CT molecular complexity index is 1400. The fourth-order valence-electron chi connectivity index (χ4n) is 5.19. The number of sulfonamides is 1. The first-order chi connectivity index (χ1) is 19.0. The molecule has 0 aliphatic carbocycles. The van der Waals surface area contributed by atoms with Gasteiger partial charge in [-0.25, -0.2) is 8.42 Å². The molecule has 7 heteroatoms. The van der Waals surface area contributed by atoms with Crippen molar-refractivity contribution in [3.05, 3.63) is 138 Å². The summed E-state index contributed by atoms with van der Waals surface area (Å²) in [6.45, 7) is 2.41. The number of amides is 1. The van der Waals surface area contributed by atoms with Gasteiger partial charge < -0.3 is 4.90 Å². The van der Waals surface area contributed by atoms with Gasteiger partial charge in [0, 0.05) is 26.2 Å². The molecule has 1 saturated heterocycles. The lowest BCUT2D eigenvalue weighted by molar-refractivity contribution is -0.135. The molecule has 1 atom stereocenters.